The van der Waals surface area contributed by atoms with Gasteiger partial charge >= 0.3 is 0 Å². The number of hydrogen-bond donors (Lipinski definition) is 0. The molecule has 0 N–H and O–H groups in total. The lowest BCUT2D eigenvalue weighted by atomic mass is 9.95. The van der Waals surface area contributed by atoms with Crippen LogP contribution in [-0.2, 0) is 11.3 Å². The first-order chi connectivity index (χ1) is 9.26. The standard InChI is InChI=1S/C16H24N2O/c1-3-18-9-14-6-7-15(10-18)16(14)19-11-13-5-4-12(2)17-8-13/h4-5,8,14-16H,3,6-7,9-11H2,1-2H3/t14-,15+,16?. The minimum Gasteiger partial charge on any atom is -0.373 e. The minimum atomic E-state index is 0.476. The Hall–Kier alpha value is -0.930. The van der Waals surface area contributed by atoms with Crippen LogP contribution in [-0.4, -0.2) is 35.6 Å². The lowest BCUT2D eigenvalue weighted by Gasteiger charge is -2.37. The van der Waals surface area contributed by atoms with Crippen molar-refractivity contribution in [2.24, 2.45) is 11.8 Å². The van der Waals surface area contributed by atoms with Gasteiger partial charge in [-0.15, -0.1) is 0 Å². The van der Waals surface area contributed by atoms with E-state index >= 15 is 0 Å². The van der Waals surface area contributed by atoms with Crippen molar-refractivity contribution < 1.29 is 4.74 Å². The van der Waals surface area contributed by atoms with E-state index in [1.54, 1.807) is 0 Å². The maximum atomic E-state index is 6.22. The third kappa shape index (κ3) is 2.82. The number of nitrogens with zero attached hydrogens (tertiary/aromatic N) is 2. The van der Waals surface area contributed by atoms with Crippen LogP contribution in [0.3, 0.4) is 0 Å². The number of likely N-dealkylation sites (tertiary alicyclic amines) is 1. The van der Waals surface area contributed by atoms with E-state index in [9.17, 15) is 0 Å². The molecule has 19 heavy (non-hydrogen) atoms. The Bertz CT molecular complexity index is 403. The van der Waals surface area contributed by atoms with Gasteiger partial charge < -0.3 is 9.64 Å². The zero-order chi connectivity index (χ0) is 13.2. The van der Waals surface area contributed by atoms with E-state index < -0.39 is 0 Å². The van der Waals surface area contributed by atoms with Crippen molar-refractivity contribution in [1.29, 1.82) is 0 Å². The van der Waals surface area contributed by atoms with Crippen LogP contribution in [0.2, 0.25) is 0 Å². The molecule has 0 spiro atoms. The molecule has 2 heterocycles. The highest BCUT2D eigenvalue weighted by Crippen LogP contribution is 2.39. The molecule has 2 bridgehead atoms. The number of fused-ring (bicyclic) bond motifs is 2. The fraction of sp³-hybridized carbons (Fsp3) is 0.688. The number of hydrogen-bond acceptors (Lipinski definition) is 3. The predicted octanol–water partition coefficient (Wildman–Crippen LogP) is 2.64. The van der Waals surface area contributed by atoms with Gasteiger partial charge in [-0.3, -0.25) is 4.98 Å². The van der Waals surface area contributed by atoms with Crippen molar-refractivity contribution >= 4 is 0 Å². The molecule has 0 radical (unpaired) electrons. The monoisotopic (exact) mass is 260 g/mol. The molecule has 3 nitrogen and oxygen atoms in total. The Morgan fingerprint density at radius 3 is 2.58 bits per heavy atom. The fourth-order valence-corrected chi connectivity index (χ4v) is 3.58. The van der Waals surface area contributed by atoms with Crippen LogP contribution in [0.1, 0.15) is 31.0 Å². The van der Waals surface area contributed by atoms with Gasteiger partial charge in [-0.25, -0.2) is 0 Å². The molecule has 1 unspecified atom stereocenters. The summed E-state index contributed by atoms with van der Waals surface area (Å²) in [6, 6.07) is 4.19. The van der Waals surface area contributed by atoms with E-state index in [-0.39, 0.29) is 0 Å². The molecule has 1 aliphatic carbocycles. The van der Waals surface area contributed by atoms with E-state index in [1.807, 2.05) is 13.1 Å². The summed E-state index contributed by atoms with van der Waals surface area (Å²) in [5, 5.41) is 0. The number of aromatic nitrogens is 1. The van der Waals surface area contributed by atoms with Crippen LogP contribution in [0.25, 0.3) is 0 Å². The van der Waals surface area contributed by atoms with Crippen LogP contribution in [0.4, 0.5) is 0 Å². The molecule has 0 amide bonds. The first-order valence-corrected chi connectivity index (χ1v) is 7.51. The smallest absolute Gasteiger partial charge is 0.0735 e. The number of piperidine rings is 1. The Balaban J connectivity index is 1.58. The van der Waals surface area contributed by atoms with Gasteiger partial charge in [-0.2, -0.15) is 0 Å². The number of ether oxygens (including phenoxy) is 1. The summed E-state index contributed by atoms with van der Waals surface area (Å²) < 4.78 is 6.22. The first-order valence-electron chi connectivity index (χ1n) is 7.51. The average molecular weight is 260 g/mol. The van der Waals surface area contributed by atoms with Crippen molar-refractivity contribution in [3.8, 4) is 0 Å². The second-order valence-corrected chi connectivity index (χ2v) is 6.03. The number of pyridine rings is 1. The molecule has 1 saturated heterocycles. The van der Waals surface area contributed by atoms with Gasteiger partial charge in [0.25, 0.3) is 0 Å². The normalized spacial score (nSPS) is 30.7. The highest BCUT2D eigenvalue weighted by Gasteiger charge is 2.42. The summed E-state index contributed by atoms with van der Waals surface area (Å²) in [7, 11) is 0. The van der Waals surface area contributed by atoms with Gasteiger partial charge in [-0.05, 0) is 49.8 Å². The van der Waals surface area contributed by atoms with Crippen molar-refractivity contribution in [2.75, 3.05) is 19.6 Å². The average Bonchev–Trinajstić information content (AvgIpc) is 2.67. The van der Waals surface area contributed by atoms with E-state index in [0.717, 1.165) is 24.1 Å². The molecule has 1 aromatic heterocycles. The SMILES string of the molecule is CCN1C[C@H]2CC[C@@H](C1)C2OCc1ccc(C)nc1. The molecule has 104 valence electrons. The van der Waals surface area contributed by atoms with E-state index in [4.69, 9.17) is 4.74 Å². The summed E-state index contributed by atoms with van der Waals surface area (Å²) in [6.45, 7) is 8.64. The van der Waals surface area contributed by atoms with E-state index in [2.05, 4.69) is 28.9 Å². The molecule has 3 atom stereocenters. The lowest BCUT2D eigenvalue weighted by molar-refractivity contribution is -0.0498. The van der Waals surface area contributed by atoms with Gasteiger partial charge in [0.2, 0.25) is 0 Å². The van der Waals surface area contributed by atoms with Crippen molar-refractivity contribution in [2.45, 2.75) is 39.4 Å². The summed E-state index contributed by atoms with van der Waals surface area (Å²) in [5.41, 5.74) is 2.27. The highest BCUT2D eigenvalue weighted by molar-refractivity contribution is 5.12. The molecule has 2 aliphatic rings. The van der Waals surface area contributed by atoms with Gasteiger partial charge in [-0.1, -0.05) is 13.0 Å². The first kappa shape index (κ1) is 13.1. The van der Waals surface area contributed by atoms with Gasteiger partial charge in [0.05, 0.1) is 12.7 Å². The molecule has 1 saturated carbocycles. The zero-order valence-electron chi connectivity index (χ0n) is 12.0. The number of aryl methyl sites for hydroxylation is 1. The van der Waals surface area contributed by atoms with Crippen LogP contribution in [0.5, 0.6) is 0 Å². The predicted molar refractivity (Wildman–Crippen MR) is 75.9 cm³/mol. The topological polar surface area (TPSA) is 25.4 Å². The van der Waals surface area contributed by atoms with E-state index in [0.29, 0.717) is 6.10 Å². The van der Waals surface area contributed by atoms with Crippen LogP contribution >= 0.6 is 0 Å². The molecule has 3 heteroatoms. The molecule has 1 aliphatic heterocycles. The quantitative estimate of drug-likeness (QED) is 0.832. The fourth-order valence-electron chi connectivity index (χ4n) is 3.58. The van der Waals surface area contributed by atoms with Gasteiger partial charge in [0, 0.05) is 25.0 Å². The minimum absolute atomic E-state index is 0.476. The third-order valence-corrected chi connectivity index (χ3v) is 4.69. The van der Waals surface area contributed by atoms with Crippen LogP contribution in [0.15, 0.2) is 18.3 Å². The third-order valence-electron chi connectivity index (χ3n) is 4.69. The molecule has 2 fully saturated rings. The second-order valence-electron chi connectivity index (χ2n) is 6.03. The zero-order valence-corrected chi connectivity index (χ0v) is 12.0. The highest BCUT2D eigenvalue weighted by atomic mass is 16.5. The summed E-state index contributed by atoms with van der Waals surface area (Å²) in [4.78, 5) is 6.91. The van der Waals surface area contributed by atoms with E-state index in [1.165, 1.54) is 38.0 Å². The molecule has 3 rings (SSSR count). The number of rotatable bonds is 4. The summed E-state index contributed by atoms with van der Waals surface area (Å²) in [6.07, 6.45) is 5.11. The Morgan fingerprint density at radius 1 is 1.26 bits per heavy atom. The van der Waals surface area contributed by atoms with Crippen LogP contribution < -0.4 is 0 Å². The lowest BCUT2D eigenvalue weighted by Crippen LogP contribution is -2.45. The molecule has 1 aromatic rings. The molecular formula is C16H24N2O. The van der Waals surface area contributed by atoms with Crippen LogP contribution in [0, 0.1) is 18.8 Å². The molecular weight excluding hydrogens is 236 g/mol. The maximum Gasteiger partial charge on any atom is 0.0735 e. The Morgan fingerprint density at radius 2 is 2.00 bits per heavy atom. The van der Waals surface area contributed by atoms with Crippen molar-refractivity contribution in [3.05, 3.63) is 29.6 Å². The van der Waals surface area contributed by atoms with Crippen molar-refractivity contribution in [3.63, 3.8) is 0 Å². The largest absolute Gasteiger partial charge is 0.373 e. The maximum absolute atomic E-state index is 6.22. The summed E-state index contributed by atoms with van der Waals surface area (Å²) in [5.74, 6) is 1.49. The van der Waals surface area contributed by atoms with Gasteiger partial charge in [0.15, 0.2) is 0 Å². The van der Waals surface area contributed by atoms with Crippen molar-refractivity contribution in [1.82, 2.24) is 9.88 Å². The Labute approximate surface area is 116 Å². The van der Waals surface area contributed by atoms with Gasteiger partial charge in [0.1, 0.15) is 0 Å². The second kappa shape index (κ2) is 5.59. The molecule has 0 aromatic carbocycles. The summed E-state index contributed by atoms with van der Waals surface area (Å²) >= 11 is 0. The Kier molecular flexibility index (Phi) is 3.85.